The maximum Gasteiger partial charge on any atom is 0.320 e. The first-order chi connectivity index (χ1) is 62.5. The highest BCUT2D eigenvalue weighted by atomic mass is 16.4. The van der Waals surface area contributed by atoms with E-state index < -0.39 is 29.9 Å². The smallest absolute Gasteiger partial charge is 0.320 e. The lowest BCUT2D eigenvalue weighted by Gasteiger charge is -2.45. The van der Waals surface area contributed by atoms with Gasteiger partial charge in [0, 0.05) is 273 Å². The van der Waals surface area contributed by atoms with E-state index in [2.05, 4.69) is 118 Å². The Morgan fingerprint density at radius 1 is 0.372 bits per heavy atom. The summed E-state index contributed by atoms with van der Waals surface area (Å²) in [6.07, 6.45) is 38.6. The number of aromatic nitrogens is 5. The fourth-order valence-electron chi connectivity index (χ4n) is 22.2. The summed E-state index contributed by atoms with van der Waals surface area (Å²) in [5.41, 5.74) is 8.23. The number of piperazine rings is 2. The molecule has 6 N–H and O–H groups in total. The Labute approximate surface area is 759 Å². The van der Waals surface area contributed by atoms with Crippen LogP contribution in [0.4, 0.5) is 38.0 Å². The molecule has 18 rings (SSSR count). The molecule has 34 heteroatoms. The molecule has 0 radical (unpaired) electrons. The molecular weight excluding hydrogens is 1640 g/mol. The number of likely N-dealkylation sites (tertiary alicyclic amines) is 5. The highest BCUT2D eigenvalue weighted by Gasteiger charge is 2.48. The van der Waals surface area contributed by atoms with Gasteiger partial charge in [-0.25, -0.2) is 9.59 Å². The fourth-order valence-corrected chi connectivity index (χ4v) is 22.2. The van der Waals surface area contributed by atoms with E-state index >= 15 is 0 Å². The minimum atomic E-state index is -0.962. The minimum Gasteiger partial charge on any atom is -0.481 e. The molecule has 1 atom stereocenters. The number of hydrogen-bond donors (Lipinski definition) is 6. The summed E-state index contributed by atoms with van der Waals surface area (Å²) in [5, 5.41) is 41.7. The number of carbonyl (C=O) groups excluding carboxylic acids is 5. The van der Waals surface area contributed by atoms with E-state index in [1.54, 1.807) is 16.8 Å². The van der Waals surface area contributed by atoms with Crippen LogP contribution in [0.1, 0.15) is 141 Å². The van der Waals surface area contributed by atoms with Gasteiger partial charge in [0.2, 0.25) is 17.7 Å². The average Bonchev–Trinajstić information content (AvgIpc) is 1.68. The van der Waals surface area contributed by atoms with Crippen LogP contribution in [-0.4, -0.2) is 365 Å². The number of anilines is 5. The van der Waals surface area contributed by atoms with Gasteiger partial charge in [0.15, 0.2) is 0 Å². The van der Waals surface area contributed by atoms with Crippen molar-refractivity contribution in [2.75, 3.05) is 234 Å². The molecule has 13 aliphatic heterocycles. The number of carboxylic acid groups (broad SMARTS) is 4. The van der Waals surface area contributed by atoms with Gasteiger partial charge in [0.1, 0.15) is 12.6 Å². The van der Waals surface area contributed by atoms with Crippen LogP contribution in [0.2, 0.25) is 0 Å². The van der Waals surface area contributed by atoms with Crippen molar-refractivity contribution in [2.45, 2.75) is 153 Å². The predicted molar refractivity (Wildman–Crippen MR) is 491 cm³/mol. The van der Waals surface area contributed by atoms with Gasteiger partial charge >= 0.3 is 35.9 Å². The lowest BCUT2D eigenvalue weighted by atomic mass is 9.77. The Balaban J connectivity index is 0.000000132. The number of nitrogens with zero attached hydrogens (tertiary/aromatic N) is 19. The van der Waals surface area contributed by atoms with Gasteiger partial charge in [-0.1, -0.05) is 0 Å². The zero-order valence-corrected chi connectivity index (χ0v) is 75.6. The van der Waals surface area contributed by atoms with E-state index in [0.717, 1.165) is 169 Å². The van der Waals surface area contributed by atoms with Gasteiger partial charge in [0.05, 0.1) is 19.4 Å². The molecule has 18 heterocycles. The lowest BCUT2D eigenvalue weighted by molar-refractivity contribution is -0.141. The third-order valence-corrected chi connectivity index (χ3v) is 30.6. The van der Waals surface area contributed by atoms with Crippen LogP contribution in [0.3, 0.4) is 0 Å². The number of carbonyl (C=O) groups is 9. The number of hydrogen-bond acceptors (Lipinski definition) is 23. The second-order valence-corrected chi connectivity index (χ2v) is 38.4. The van der Waals surface area contributed by atoms with E-state index in [0.29, 0.717) is 68.0 Å². The van der Waals surface area contributed by atoms with Gasteiger partial charge in [-0.15, -0.1) is 0 Å². The Kier molecular flexibility index (Phi) is 32.5. The Bertz CT molecular complexity index is 4460. The molecule has 0 unspecified atom stereocenters. The summed E-state index contributed by atoms with van der Waals surface area (Å²) in [5.74, 6) is -3.73. The number of pyridine rings is 5. The fraction of sp³-hybridized carbons (Fsp3) is 0.642. The van der Waals surface area contributed by atoms with Crippen molar-refractivity contribution in [3.05, 3.63) is 123 Å². The number of amides is 7. The molecule has 34 nitrogen and oxygen atoms in total. The SMILES string of the molecule is CN[C@@H](CCC(=O)N1CCC2(CC1)CCN(c1ccncc1)C2)C(=O)O.O=C(O)CCC(=O)N1CCN(C(=O)N2CCC3(CC2)CCN(c2ccncc2)C3)CC1.O=C(O)CCN1CCN(C(=O)N2CCC3(CC2)CCN(c2ccncc2)C3)CC1=O.O=C(O)CN1CCC(N2CCC3(CCN(c4ccncc4)C3)CC2)CC1.c1cc(N2CCC3(CCNCC3)C2)ccn1. The third kappa shape index (κ3) is 25.3. The molecule has 13 fully saturated rings. The summed E-state index contributed by atoms with van der Waals surface area (Å²) in [6, 6.07) is 20.8. The molecule has 13 saturated heterocycles. The quantitative estimate of drug-likeness (QED) is 0.0464. The molecule has 0 aliphatic carbocycles. The van der Waals surface area contributed by atoms with Gasteiger partial charge in [-0.3, -0.25) is 63.4 Å². The van der Waals surface area contributed by atoms with Crippen LogP contribution in [0.15, 0.2) is 123 Å². The van der Waals surface area contributed by atoms with Crippen molar-refractivity contribution < 1.29 is 63.6 Å². The van der Waals surface area contributed by atoms with Crippen molar-refractivity contribution in [3.8, 4) is 0 Å². The maximum absolute atomic E-state index is 13.0. The highest BCUT2D eigenvalue weighted by Crippen LogP contribution is 2.47. The van der Waals surface area contributed by atoms with Crippen LogP contribution in [-0.2, 0) is 33.6 Å². The molecule has 5 aromatic rings. The van der Waals surface area contributed by atoms with Crippen molar-refractivity contribution in [1.82, 2.24) is 79.7 Å². The highest BCUT2D eigenvalue weighted by molar-refractivity contribution is 5.86. The largest absolute Gasteiger partial charge is 0.481 e. The lowest BCUT2D eigenvalue weighted by Crippen LogP contribution is -2.57. The summed E-state index contributed by atoms with van der Waals surface area (Å²) < 4.78 is 0. The van der Waals surface area contributed by atoms with E-state index in [-0.39, 0.29) is 85.9 Å². The molecule has 5 aromatic heterocycles. The van der Waals surface area contributed by atoms with Gasteiger partial charge < -0.3 is 94.8 Å². The number of aliphatic carboxylic acids is 4. The first-order valence-electron chi connectivity index (χ1n) is 47.3. The number of nitrogens with one attached hydrogen (secondary N) is 2. The van der Waals surface area contributed by atoms with Crippen LogP contribution in [0.5, 0.6) is 0 Å². The zero-order valence-electron chi connectivity index (χ0n) is 75.6. The van der Waals surface area contributed by atoms with Crippen LogP contribution < -0.4 is 35.1 Å². The Hall–Kier alpha value is -10.6. The second-order valence-electron chi connectivity index (χ2n) is 38.4. The first kappa shape index (κ1) is 94.5. The molecular formula is C95H137N21O13. The molecule has 0 bridgehead atoms. The van der Waals surface area contributed by atoms with E-state index in [1.807, 2.05) is 93.7 Å². The molecule has 129 heavy (non-hydrogen) atoms. The van der Waals surface area contributed by atoms with E-state index in [4.69, 9.17) is 20.4 Å². The average molecular weight is 1780 g/mol. The molecule has 5 spiro atoms. The van der Waals surface area contributed by atoms with Crippen LogP contribution >= 0.6 is 0 Å². The van der Waals surface area contributed by atoms with Crippen LogP contribution in [0.25, 0.3) is 0 Å². The number of carboxylic acids is 4. The molecule has 13 aliphatic rings. The van der Waals surface area contributed by atoms with E-state index in [1.165, 1.54) is 118 Å². The number of rotatable bonds is 19. The topological polar surface area (TPSA) is 368 Å². The summed E-state index contributed by atoms with van der Waals surface area (Å²) in [7, 11) is 1.61. The Morgan fingerprint density at radius 2 is 0.690 bits per heavy atom. The number of urea groups is 2. The van der Waals surface area contributed by atoms with Gasteiger partial charge in [0.25, 0.3) is 0 Å². The summed E-state index contributed by atoms with van der Waals surface area (Å²) in [4.78, 5) is 156. The van der Waals surface area contributed by atoms with Gasteiger partial charge in [-0.2, -0.15) is 0 Å². The molecule has 0 saturated carbocycles. The number of piperidine rings is 6. The number of likely N-dealkylation sites (N-methyl/N-ethyl adjacent to an activating group) is 1. The standard InChI is InChI=1S/C22H31N5O4.C21H29N5O4.C20H30N4O2.C19H28N4O3.C13H19N3/c28-19(1-2-20(29)30)24-13-15-26(16-14-24)21(31)25-10-5-22(6-11-25)7-12-27(17-22)18-3-8-23-9-4-18;27-18-15-25(14-13-23(18)9-3-19(28)29)20(30)24-10-4-21(5-11-24)6-12-26(16-21)17-1-7-22-8-2-17;25-19(26)15-22-10-3-18(4-11-22)23-12-5-20(6-13-23)7-14-24(16-20)17-1-8-21-9-2-17;1-20-16(18(25)26)2-3-17(24)22-11-6-19(7-12-22)8-13-23(14-19)15-4-9-21-10-5-15;1-6-14-7-2-12(1)16-10-5-13(11-16)3-8-15-9-4-13/h3-4,8-9H,1-2,5-7,10-17H2,(H,29,30);1-2,7-8H,3-6,9-16H2,(H,28,29);1-2,8-9,18H,3-7,10-16H2,(H,25,26);4-5,9-10,16,20H,2-3,6-8,11-14H2,1H3,(H,25,26);1-2,6-7,15H,3-5,8-11H2/t;;;16-;/m...0./s1. The van der Waals surface area contributed by atoms with E-state index in [9.17, 15) is 43.2 Å². The van der Waals surface area contributed by atoms with Crippen molar-refractivity contribution >= 4 is 82.1 Å². The third-order valence-electron chi connectivity index (χ3n) is 30.6. The van der Waals surface area contributed by atoms with Crippen molar-refractivity contribution in [1.29, 1.82) is 0 Å². The second kappa shape index (κ2) is 44.4. The maximum atomic E-state index is 13.0. The normalized spacial score (nSPS) is 22.1. The van der Waals surface area contributed by atoms with Crippen molar-refractivity contribution in [2.24, 2.45) is 27.1 Å². The zero-order chi connectivity index (χ0) is 90.4. The first-order valence-corrected chi connectivity index (χ1v) is 47.3. The van der Waals surface area contributed by atoms with Crippen LogP contribution in [0, 0.1) is 27.1 Å². The summed E-state index contributed by atoms with van der Waals surface area (Å²) >= 11 is 0. The molecule has 700 valence electrons. The predicted octanol–water partition coefficient (Wildman–Crippen LogP) is 7.55. The molecule has 0 aromatic carbocycles. The van der Waals surface area contributed by atoms with Gasteiger partial charge in [-0.05, 0) is 237 Å². The van der Waals surface area contributed by atoms with Crippen molar-refractivity contribution in [3.63, 3.8) is 0 Å². The Morgan fingerprint density at radius 3 is 1.05 bits per heavy atom. The molecule has 7 amide bonds. The minimum absolute atomic E-state index is 0.0218. The summed E-state index contributed by atoms with van der Waals surface area (Å²) in [6.45, 7) is 25.5. The monoisotopic (exact) mass is 1780 g/mol.